The van der Waals surface area contributed by atoms with E-state index in [2.05, 4.69) is 56.9 Å². The summed E-state index contributed by atoms with van der Waals surface area (Å²) in [6.07, 6.45) is 3.59. The molecule has 1 saturated heterocycles. The number of nitrogens with one attached hydrogen (secondary N) is 2. The minimum Gasteiger partial charge on any atom is -0.324 e. The molecule has 0 amide bonds. The van der Waals surface area contributed by atoms with Gasteiger partial charge in [-0.2, -0.15) is 0 Å². The van der Waals surface area contributed by atoms with Crippen LogP contribution in [0.2, 0.25) is 0 Å². The molecule has 0 radical (unpaired) electrons. The quantitative estimate of drug-likeness (QED) is 0.351. The molecule has 1 atom stereocenters. The monoisotopic (exact) mass is 515 g/mol. The van der Waals surface area contributed by atoms with Gasteiger partial charge in [0.1, 0.15) is 5.82 Å². The van der Waals surface area contributed by atoms with Gasteiger partial charge in [-0.15, -0.1) is 12.4 Å². The van der Waals surface area contributed by atoms with Crippen molar-refractivity contribution in [3.05, 3.63) is 107 Å². The number of nitrogens with zero attached hydrogens (tertiary/aromatic N) is 3. The van der Waals surface area contributed by atoms with Crippen molar-refractivity contribution >= 4 is 24.0 Å². The Morgan fingerprint density at radius 1 is 0.946 bits per heavy atom. The van der Waals surface area contributed by atoms with E-state index in [1.54, 1.807) is 6.07 Å². The first-order valence-corrected chi connectivity index (χ1v) is 12.7. The topological polar surface area (TPSA) is 53.1 Å². The van der Waals surface area contributed by atoms with Gasteiger partial charge in [-0.3, -0.25) is 0 Å². The Morgan fingerprint density at radius 2 is 1.73 bits per heavy atom. The van der Waals surface area contributed by atoms with Crippen LogP contribution in [-0.2, 0) is 12.8 Å². The maximum atomic E-state index is 14.7. The fourth-order valence-electron chi connectivity index (χ4n) is 5.39. The minimum absolute atomic E-state index is 0. The molecule has 6 rings (SSSR count). The minimum atomic E-state index is -0.170. The van der Waals surface area contributed by atoms with Crippen molar-refractivity contribution in [3.8, 4) is 11.3 Å². The summed E-state index contributed by atoms with van der Waals surface area (Å²) in [7, 11) is 0. The van der Waals surface area contributed by atoms with Gasteiger partial charge in [0.15, 0.2) is 0 Å². The number of benzene rings is 3. The van der Waals surface area contributed by atoms with Crippen LogP contribution in [0.5, 0.6) is 0 Å². The van der Waals surface area contributed by atoms with Crippen molar-refractivity contribution < 1.29 is 4.39 Å². The Hall–Kier alpha value is -3.32. The Morgan fingerprint density at radius 3 is 2.57 bits per heavy atom. The molecule has 4 aromatic rings. The Bertz CT molecular complexity index is 1370. The number of hydrogen-bond donors (Lipinski definition) is 2. The number of fused-ring (bicyclic) bond motifs is 3. The molecule has 0 saturated carbocycles. The Balaban J connectivity index is 0.00000280. The lowest BCUT2D eigenvalue weighted by molar-refractivity contribution is 0.244. The van der Waals surface area contributed by atoms with E-state index in [0.717, 1.165) is 72.8 Å². The van der Waals surface area contributed by atoms with Crippen molar-refractivity contribution in [2.24, 2.45) is 0 Å². The first-order valence-electron chi connectivity index (χ1n) is 12.7. The number of hydrogen-bond acceptors (Lipinski definition) is 5. The molecule has 1 aromatic heterocycles. The van der Waals surface area contributed by atoms with E-state index in [9.17, 15) is 4.39 Å². The highest BCUT2D eigenvalue weighted by Crippen LogP contribution is 2.42. The third-order valence-corrected chi connectivity index (χ3v) is 7.27. The molecule has 190 valence electrons. The average molecular weight is 516 g/mol. The Labute approximate surface area is 223 Å². The maximum absolute atomic E-state index is 14.7. The average Bonchev–Trinajstić information content (AvgIpc) is 2.93. The van der Waals surface area contributed by atoms with E-state index >= 15 is 0 Å². The van der Waals surface area contributed by atoms with Crippen molar-refractivity contribution in [1.29, 1.82) is 0 Å². The molecular formula is C30H31ClFN5. The van der Waals surface area contributed by atoms with Crippen LogP contribution >= 0.6 is 12.4 Å². The van der Waals surface area contributed by atoms with E-state index in [1.807, 2.05) is 30.5 Å². The number of anilines is 2. The van der Waals surface area contributed by atoms with Crippen LogP contribution in [0.15, 0.2) is 79.0 Å². The zero-order valence-corrected chi connectivity index (χ0v) is 21.5. The van der Waals surface area contributed by atoms with Crippen LogP contribution in [0, 0.1) is 5.82 Å². The highest BCUT2D eigenvalue weighted by atomic mass is 35.5. The molecule has 0 unspecified atom stereocenters. The van der Waals surface area contributed by atoms with Gasteiger partial charge in [-0.25, -0.2) is 14.4 Å². The summed E-state index contributed by atoms with van der Waals surface area (Å²) in [4.78, 5) is 12.1. The third-order valence-electron chi connectivity index (χ3n) is 7.27. The van der Waals surface area contributed by atoms with Crippen molar-refractivity contribution in [2.75, 3.05) is 38.0 Å². The first kappa shape index (κ1) is 25.3. The second-order valence-electron chi connectivity index (χ2n) is 9.60. The van der Waals surface area contributed by atoms with E-state index in [0.29, 0.717) is 12.4 Å². The summed E-state index contributed by atoms with van der Waals surface area (Å²) in [6.45, 7) is 5.43. The maximum Gasteiger partial charge on any atom is 0.227 e. The van der Waals surface area contributed by atoms with Gasteiger partial charge in [0.2, 0.25) is 5.95 Å². The van der Waals surface area contributed by atoms with Gasteiger partial charge in [-0.05, 0) is 53.3 Å². The van der Waals surface area contributed by atoms with Gasteiger partial charge in [0, 0.05) is 56.1 Å². The molecule has 2 N–H and O–H groups in total. The zero-order chi connectivity index (χ0) is 24.3. The number of aromatic nitrogens is 2. The van der Waals surface area contributed by atoms with E-state index < -0.39 is 0 Å². The number of halogens is 2. The van der Waals surface area contributed by atoms with E-state index in [1.165, 1.54) is 11.6 Å². The summed E-state index contributed by atoms with van der Waals surface area (Å²) in [5.74, 6) is 0.355. The molecule has 1 aliphatic heterocycles. The lowest BCUT2D eigenvalue weighted by Gasteiger charge is -2.28. The van der Waals surface area contributed by atoms with Gasteiger partial charge in [-0.1, -0.05) is 54.6 Å². The molecule has 3 aromatic carbocycles. The molecule has 0 spiro atoms. The fraction of sp³-hybridized carbons (Fsp3) is 0.267. The molecular weight excluding hydrogens is 485 g/mol. The standard InChI is InChI=1S/C30H30FN5.ClH/c31-28-11-4-3-9-25(28)27-19-22-20-33-30(35-29(22)26-10-2-1-8-24(26)27)34-23-7-5-6-21(18-23)12-15-36-16-13-32-14-17-36;/h1-11,18,20,27,32H,12-17,19H2,(H,33,34,35);1H/t27-;/m1./s1. The molecule has 7 heteroatoms. The third kappa shape index (κ3) is 5.52. The van der Waals surface area contributed by atoms with Crippen molar-refractivity contribution in [3.63, 3.8) is 0 Å². The number of rotatable bonds is 6. The molecule has 2 aliphatic rings. The lowest BCUT2D eigenvalue weighted by atomic mass is 9.78. The van der Waals surface area contributed by atoms with Crippen LogP contribution in [-0.4, -0.2) is 47.6 Å². The molecule has 1 aliphatic carbocycles. The van der Waals surface area contributed by atoms with Crippen LogP contribution in [0.1, 0.15) is 28.2 Å². The highest BCUT2D eigenvalue weighted by molar-refractivity contribution is 5.85. The predicted molar refractivity (Wildman–Crippen MR) is 149 cm³/mol. The largest absolute Gasteiger partial charge is 0.324 e. The lowest BCUT2D eigenvalue weighted by Crippen LogP contribution is -2.44. The van der Waals surface area contributed by atoms with Crippen LogP contribution < -0.4 is 10.6 Å². The smallest absolute Gasteiger partial charge is 0.227 e. The summed E-state index contributed by atoms with van der Waals surface area (Å²) in [6, 6.07) is 23.8. The summed E-state index contributed by atoms with van der Waals surface area (Å²) < 4.78 is 14.7. The number of piperazine rings is 1. The first-order chi connectivity index (χ1) is 17.7. The van der Waals surface area contributed by atoms with Crippen molar-refractivity contribution in [1.82, 2.24) is 20.2 Å². The summed E-state index contributed by atoms with van der Waals surface area (Å²) in [5, 5.41) is 6.82. The van der Waals surface area contributed by atoms with Crippen LogP contribution in [0.3, 0.4) is 0 Å². The van der Waals surface area contributed by atoms with Crippen LogP contribution in [0.4, 0.5) is 16.0 Å². The highest BCUT2D eigenvalue weighted by Gasteiger charge is 2.29. The van der Waals surface area contributed by atoms with Crippen molar-refractivity contribution in [2.45, 2.75) is 18.8 Å². The van der Waals surface area contributed by atoms with Gasteiger partial charge >= 0.3 is 0 Å². The van der Waals surface area contributed by atoms with Gasteiger partial charge in [0.25, 0.3) is 0 Å². The van der Waals surface area contributed by atoms with Gasteiger partial charge < -0.3 is 15.5 Å². The van der Waals surface area contributed by atoms with E-state index in [4.69, 9.17) is 4.98 Å². The predicted octanol–water partition coefficient (Wildman–Crippen LogP) is 5.58. The summed E-state index contributed by atoms with van der Waals surface area (Å²) >= 11 is 0. The normalized spacial score (nSPS) is 16.8. The SMILES string of the molecule is Cl.Fc1ccccc1[C@@H]1Cc2cnc(Nc3cccc(CCN4CCNCC4)c3)nc2-c2ccccc21. The molecule has 2 heterocycles. The molecule has 0 bridgehead atoms. The van der Waals surface area contributed by atoms with E-state index in [-0.39, 0.29) is 24.1 Å². The van der Waals surface area contributed by atoms with Crippen LogP contribution in [0.25, 0.3) is 11.3 Å². The zero-order valence-electron chi connectivity index (χ0n) is 20.7. The second kappa shape index (κ2) is 11.4. The molecule has 37 heavy (non-hydrogen) atoms. The second-order valence-corrected chi connectivity index (χ2v) is 9.60. The van der Waals surface area contributed by atoms with Gasteiger partial charge in [0.05, 0.1) is 5.69 Å². The Kier molecular flexibility index (Phi) is 7.79. The summed E-state index contributed by atoms with van der Waals surface area (Å²) in [5.41, 5.74) is 7.12. The molecule has 1 fully saturated rings. The molecule has 5 nitrogen and oxygen atoms in total. The fourth-order valence-corrected chi connectivity index (χ4v) is 5.39.